The second-order valence-electron chi connectivity index (χ2n) is 4.53. The molecule has 1 saturated carbocycles. The maximum absolute atomic E-state index is 5.25. The number of nitrogens with one attached hydrogen (secondary N) is 1. The van der Waals surface area contributed by atoms with Crippen LogP contribution in [-0.2, 0) is 0 Å². The Morgan fingerprint density at radius 3 is 2.89 bits per heavy atom. The number of methoxy groups -OCH3 is 1. The summed E-state index contributed by atoms with van der Waals surface area (Å²) in [5.41, 5.74) is 2.13. The van der Waals surface area contributed by atoms with Crippen LogP contribution in [0.5, 0.6) is 5.75 Å². The number of rotatable bonds is 4. The summed E-state index contributed by atoms with van der Waals surface area (Å²) in [7, 11) is 1.68. The summed E-state index contributed by atoms with van der Waals surface area (Å²) in [6.45, 7) is 2.03. The van der Waals surface area contributed by atoms with Crippen LogP contribution in [0.1, 0.15) is 18.4 Å². The first-order chi connectivity index (χ1) is 8.76. The molecule has 2 aromatic rings. The molecule has 0 spiro atoms. The van der Waals surface area contributed by atoms with Crippen LogP contribution in [0.15, 0.2) is 18.2 Å². The summed E-state index contributed by atoms with van der Waals surface area (Å²) in [5, 5.41) is 4.28. The Balaban J connectivity index is 1.84. The van der Waals surface area contributed by atoms with Crippen molar-refractivity contribution in [2.75, 3.05) is 12.4 Å². The van der Waals surface area contributed by atoms with E-state index in [9.17, 15) is 0 Å². The fourth-order valence-electron chi connectivity index (χ4n) is 1.82. The van der Waals surface area contributed by atoms with E-state index in [-0.39, 0.29) is 0 Å². The highest BCUT2D eigenvalue weighted by Crippen LogP contribution is 2.29. The molecule has 1 heterocycles. The van der Waals surface area contributed by atoms with Crippen molar-refractivity contribution in [2.24, 2.45) is 0 Å². The lowest BCUT2D eigenvalue weighted by molar-refractivity contribution is 0.412. The Morgan fingerprint density at radius 2 is 2.22 bits per heavy atom. The molecule has 0 atom stereocenters. The minimum Gasteiger partial charge on any atom is -0.496 e. The van der Waals surface area contributed by atoms with E-state index in [2.05, 4.69) is 20.7 Å². The van der Waals surface area contributed by atoms with Crippen molar-refractivity contribution in [1.29, 1.82) is 0 Å². The third kappa shape index (κ3) is 2.31. The van der Waals surface area contributed by atoms with Gasteiger partial charge in [0.15, 0.2) is 5.82 Å². The van der Waals surface area contributed by atoms with Crippen LogP contribution < -0.4 is 10.1 Å². The lowest BCUT2D eigenvalue weighted by Gasteiger charge is -2.05. The fourth-order valence-corrected chi connectivity index (χ4v) is 2.49. The van der Waals surface area contributed by atoms with Gasteiger partial charge >= 0.3 is 0 Å². The maximum atomic E-state index is 5.25. The molecule has 1 aromatic carbocycles. The van der Waals surface area contributed by atoms with Gasteiger partial charge in [0.25, 0.3) is 0 Å². The zero-order chi connectivity index (χ0) is 12.5. The van der Waals surface area contributed by atoms with Gasteiger partial charge < -0.3 is 10.1 Å². The van der Waals surface area contributed by atoms with E-state index < -0.39 is 0 Å². The van der Waals surface area contributed by atoms with E-state index in [1.165, 1.54) is 24.4 Å². The Labute approximate surface area is 110 Å². The van der Waals surface area contributed by atoms with Crippen LogP contribution in [-0.4, -0.2) is 22.5 Å². The van der Waals surface area contributed by atoms with E-state index in [0.29, 0.717) is 6.04 Å². The van der Waals surface area contributed by atoms with Crippen LogP contribution in [0, 0.1) is 6.92 Å². The lowest BCUT2D eigenvalue weighted by atomic mass is 10.1. The first-order valence-corrected chi connectivity index (χ1v) is 6.79. The van der Waals surface area contributed by atoms with Crippen molar-refractivity contribution < 1.29 is 4.74 Å². The molecular formula is C13H15N3OS. The largest absolute Gasteiger partial charge is 0.496 e. The normalized spacial score (nSPS) is 14.6. The van der Waals surface area contributed by atoms with E-state index in [0.717, 1.165) is 27.8 Å². The van der Waals surface area contributed by atoms with Gasteiger partial charge in [-0.2, -0.15) is 9.36 Å². The van der Waals surface area contributed by atoms with Gasteiger partial charge in [-0.25, -0.2) is 0 Å². The molecule has 0 saturated heterocycles. The first kappa shape index (κ1) is 11.5. The van der Waals surface area contributed by atoms with Crippen LogP contribution in [0.4, 0.5) is 5.13 Å². The molecule has 18 heavy (non-hydrogen) atoms. The molecule has 0 unspecified atom stereocenters. The maximum Gasteiger partial charge on any atom is 0.203 e. The molecule has 0 amide bonds. The zero-order valence-corrected chi connectivity index (χ0v) is 11.3. The van der Waals surface area contributed by atoms with Crippen molar-refractivity contribution in [3.63, 3.8) is 0 Å². The Bertz CT molecular complexity index is 563. The summed E-state index contributed by atoms with van der Waals surface area (Å²) < 4.78 is 9.64. The summed E-state index contributed by atoms with van der Waals surface area (Å²) in [6, 6.07) is 6.62. The number of aromatic nitrogens is 2. The predicted molar refractivity (Wildman–Crippen MR) is 73.3 cm³/mol. The summed E-state index contributed by atoms with van der Waals surface area (Å²) >= 11 is 1.43. The highest BCUT2D eigenvalue weighted by atomic mass is 32.1. The molecule has 1 aliphatic carbocycles. The first-order valence-electron chi connectivity index (χ1n) is 6.01. The van der Waals surface area contributed by atoms with E-state index in [1.807, 2.05) is 19.1 Å². The quantitative estimate of drug-likeness (QED) is 0.918. The van der Waals surface area contributed by atoms with Crippen molar-refractivity contribution in [3.8, 4) is 17.1 Å². The van der Waals surface area contributed by atoms with Gasteiger partial charge in [-0.15, -0.1) is 0 Å². The Kier molecular flexibility index (Phi) is 2.91. The third-order valence-electron chi connectivity index (χ3n) is 2.98. The average molecular weight is 261 g/mol. The Morgan fingerprint density at radius 1 is 1.39 bits per heavy atom. The third-order valence-corrected chi connectivity index (χ3v) is 3.63. The molecule has 1 aliphatic rings. The van der Waals surface area contributed by atoms with Crippen molar-refractivity contribution >= 4 is 16.7 Å². The lowest BCUT2D eigenvalue weighted by Crippen LogP contribution is -1.99. The summed E-state index contributed by atoms with van der Waals surface area (Å²) in [5.74, 6) is 1.68. The monoisotopic (exact) mass is 261 g/mol. The predicted octanol–water partition coefficient (Wildman–Crippen LogP) is 3.10. The van der Waals surface area contributed by atoms with Crippen LogP contribution >= 0.6 is 11.5 Å². The molecule has 3 rings (SSSR count). The minimum absolute atomic E-state index is 0.614. The van der Waals surface area contributed by atoms with Gasteiger partial charge in [0.05, 0.1) is 7.11 Å². The number of hydrogen-bond donors (Lipinski definition) is 1. The van der Waals surface area contributed by atoms with Gasteiger partial charge in [0.2, 0.25) is 5.13 Å². The van der Waals surface area contributed by atoms with Crippen molar-refractivity contribution in [3.05, 3.63) is 23.8 Å². The number of benzene rings is 1. The molecule has 4 nitrogen and oxygen atoms in total. The molecule has 0 radical (unpaired) electrons. The molecule has 94 valence electrons. The number of ether oxygens (including phenoxy) is 1. The van der Waals surface area contributed by atoms with Crippen LogP contribution in [0.3, 0.4) is 0 Å². The van der Waals surface area contributed by atoms with Gasteiger partial charge in [-0.3, -0.25) is 0 Å². The van der Waals surface area contributed by atoms with E-state index >= 15 is 0 Å². The second kappa shape index (κ2) is 4.57. The summed E-state index contributed by atoms with van der Waals surface area (Å²) in [4.78, 5) is 4.51. The number of anilines is 1. The molecule has 0 bridgehead atoms. The molecular weight excluding hydrogens is 246 g/mol. The Hall–Kier alpha value is -1.62. The molecule has 0 aliphatic heterocycles. The minimum atomic E-state index is 0.614. The smallest absolute Gasteiger partial charge is 0.203 e. The topological polar surface area (TPSA) is 47.0 Å². The van der Waals surface area contributed by atoms with Gasteiger partial charge in [0, 0.05) is 23.1 Å². The van der Waals surface area contributed by atoms with Gasteiger partial charge in [-0.05, 0) is 43.5 Å². The molecule has 5 heteroatoms. The van der Waals surface area contributed by atoms with Crippen molar-refractivity contribution in [1.82, 2.24) is 9.36 Å². The van der Waals surface area contributed by atoms with Crippen LogP contribution in [0.2, 0.25) is 0 Å². The number of aryl methyl sites for hydroxylation is 1. The molecule has 1 N–H and O–H groups in total. The molecule has 1 fully saturated rings. The standard InChI is InChI=1S/C13H15N3OS/c1-8-7-9(3-6-11(8)17-2)12-15-13(18-16-12)14-10-4-5-10/h3,6-7,10H,4-5H2,1-2H3,(H,14,15,16). The van der Waals surface area contributed by atoms with Gasteiger partial charge in [0.1, 0.15) is 5.75 Å². The number of hydrogen-bond acceptors (Lipinski definition) is 5. The zero-order valence-electron chi connectivity index (χ0n) is 10.4. The van der Waals surface area contributed by atoms with Crippen LogP contribution in [0.25, 0.3) is 11.4 Å². The second-order valence-corrected chi connectivity index (χ2v) is 5.28. The highest BCUT2D eigenvalue weighted by Gasteiger charge is 2.22. The summed E-state index contributed by atoms with van der Waals surface area (Å²) in [6.07, 6.45) is 2.49. The SMILES string of the molecule is COc1ccc(-c2nsc(NC3CC3)n2)cc1C. The molecule has 1 aromatic heterocycles. The van der Waals surface area contributed by atoms with E-state index in [1.54, 1.807) is 7.11 Å². The average Bonchev–Trinajstić information content (AvgIpc) is 3.05. The van der Waals surface area contributed by atoms with Crippen molar-refractivity contribution in [2.45, 2.75) is 25.8 Å². The number of nitrogens with zero attached hydrogens (tertiary/aromatic N) is 2. The van der Waals surface area contributed by atoms with Gasteiger partial charge in [-0.1, -0.05) is 0 Å². The fraction of sp³-hybridized carbons (Fsp3) is 0.385. The highest BCUT2D eigenvalue weighted by molar-refractivity contribution is 7.09. The van der Waals surface area contributed by atoms with E-state index in [4.69, 9.17) is 4.74 Å².